The second kappa shape index (κ2) is 5.51. The summed E-state index contributed by atoms with van der Waals surface area (Å²) in [6, 6.07) is 5.35. The number of hydrogen-bond acceptors (Lipinski definition) is 1. The molecule has 0 aliphatic carbocycles. The van der Waals surface area contributed by atoms with Gasteiger partial charge >= 0.3 is 6.18 Å². The molecular formula is C9H11ClF3NS. The van der Waals surface area contributed by atoms with Gasteiger partial charge in [0.15, 0.2) is 0 Å². The highest BCUT2D eigenvalue weighted by atomic mass is 35.5. The van der Waals surface area contributed by atoms with Crippen molar-refractivity contribution in [1.82, 2.24) is 0 Å². The van der Waals surface area contributed by atoms with Gasteiger partial charge in [-0.3, -0.25) is 0 Å². The molecule has 0 bridgehead atoms. The van der Waals surface area contributed by atoms with Crippen molar-refractivity contribution < 1.29 is 13.2 Å². The third kappa shape index (κ3) is 4.22. The van der Waals surface area contributed by atoms with Gasteiger partial charge in [-0.1, -0.05) is 12.1 Å². The molecule has 0 N–H and O–H groups in total. The fourth-order valence-corrected chi connectivity index (χ4v) is 1.54. The summed E-state index contributed by atoms with van der Waals surface area (Å²) in [4.78, 5) is 0. The Hall–Kier alpha value is -0.550. The summed E-state index contributed by atoms with van der Waals surface area (Å²) in [5, 5.41) is 0. The Bertz CT molecular complexity index is 359. The topological polar surface area (TPSA) is 12.4 Å². The third-order valence-electron chi connectivity index (χ3n) is 1.49. The van der Waals surface area contributed by atoms with Crippen LogP contribution in [0.25, 0.3) is 0 Å². The van der Waals surface area contributed by atoms with Crippen molar-refractivity contribution in [3.63, 3.8) is 0 Å². The second-order valence-electron chi connectivity index (χ2n) is 2.88. The van der Waals surface area contributed by atoms with E-state index in [-0.39, 0.29) is 28.8 Å². The smallest absolute Gasteiger partial charge is 0.228 e. The lowest BCUT2D eigenvalue weighted by atomic mass is 10.2. The van der Waals surface area contributed by atoms with Crippen LogP contribution in [0.4, 0.5) is 18.9 Å². The van der Waals surface area contributed by atoms with Crippen LogP contribution in [0.15, 0.2) is 28.6 Å². The molecule has 1 aromatic rings. The normalized spacial score (nSPS) is 11.1. The SMILES string of the molecule is CS(C)=Nc1ccccc1C(F)(F)F.Cl. The van der Waals surface area contributed by atoms with Crippen molar-refractivity contribution in [3.8, 4) is 0 Å². The Morgan fingerprint density at radius 2 is 1.67 bits per heavy atom. The standard InChI is InChI=1S/C9H10F3NS.ClH/c1-14(2)13-8-6-4-3-5-7(8)9(10,11)12;/h3-6H,1-2H3;1H. The fraction of sp³-hybridized carbons (Fsp3) is 0.333. The van der Waals surface area contributed by atoms with Gasteiger partial charge in [-0.2, -0.15) is 13.2 Å². The van der Waals surface area contributed by atoms with Gasteiger partial charge in [0, 0.05) is 0 Å². The van der Waals surface area contributed by atoms with E-state index in [1.54, 1.807) is 18.6 Å². The van der Waals surface area contributed by atoms with E-state index < -0.39 is 11.7 Å². The average molecular weight is 258 g/mol. The quantitative estimate of drug-likeness (QED) is 0.725. The molecule has 0 unspecified atom stereocenters. The molecule has 1 rings (SSSR count). The molecule has 6 heteroatoms. The lowest BCUT2D eigenvalue weighted by Crippen LogP contribution is -2.04. The zero-order chi connectivity index (χ0) is 10.8. The summed E-state index contributed by atoms with van der Waals surface area (Å²) in [7, 11) is -0.387. The van der Waals surface area contributed by atoms with Crippen LogP contribution in [0.5, 0.6) is 0 Å². The molecule has 1 nitrogen and oxygen atoms in total. The zero-order valence-electron chi connectivity index (χ0n) is 8.21. The highest BCUT2D eigenvalue weighted by Crippen LogP contribution is 2.36. The largest absolute Gasteiger partial charge is 0.418 e. The molecule has 1 aromatic carbocycles. The van der Waals surface area contributed by atoms with Crippen LogP contribution in [0.3, 0.4) is 0 Å². The first-order valence-electron chi connectivity index (χ1n) is 3.87. The lowest BCUT2D eigenvalue weighted by molar-refractivity contribution is -0.137. The van der Waals surface area contributed by atoms with Crippen LogP contribution in [-0.2, 0) is 16.9 Å². The molecule has 86 valence electrons. The maximum Gasteiger partial charge on any atom is 0.418 e. The van der Waals surface area contributed by atoms with Gasteiger partial charge in [-0.15, -0.1) is 23.1 Å². The molecule has 0 heterocycles. The summed E-state index contributed by atoms with van der Waals surface area (Å²) in [5.41, 5.74) is -0.644. The summed E-state index contributed by atoms with van der Waals surface area (Å²) < 4.78 is 41.3. The molecule has 0 spiro atoms. The van der Waals surface area contributed by atoms with Gasteiger partial charge in [-0.25, -0.2) is 4.36 Å². The molecule has 0 amide bonds. The van der Waals surface area contributed by atoms with E-state index >= 15 is 0 Å². The van der Waals surface area contributed by atoms with E-state index in [9.17, 15) is 13.2 Å². The van der Waals surface area contributed by atoms with Crippen LogP contribution in [0.2, 0.25) is 0 Å². The van der Waals surface area contributed by atoms with E-state index in [0.717, 1.165) is 6.07 Å². The third-order valence-corrected chi connectivity index (χ3v) is 2.05. The maximum atomic E-state index is 12.4. The Kier molecular flexibility index (Phi) is 5.31. The molecule has 0 atom stereocenters. The van der Waals surface area contributed by atoms with Crippen LogP contribution in [0.1, 0.15) is 5.56 Å². The predicted molar refractivity (Wildman–Crippen MR) is 60.0 cm³/mol. The van der Waals surface area contributed by atoms with Crippen molar-refractivity contribution in [2.45, 2.75) is 6.18 Å². The Morgan fingerprint density at radius 1 is 1.13 bits per heavy atom. The summed E-state index contributed by atoms with van der Waals surface area (Å²) in [6.07, 6.45) is -0.778. The summed E-state index contributed by atoms with van der Waals surface area (Å²) in [6.45, 7) is 0. The number of hydrogen-bond donors (Lipinski definition) is 0. The van der Waals surface area contributed by atoms with E-state index in [4.69, 9.17) is 0 Å². The van der Waals surface area contributed by atoms with E-state index in [1.807, 2.05) is 0 Å². The van der Waals surface area contributed by atoms with Crippen molar-refractivity contribution in [1.29, 1.82) is 0 Å². The predicted octanol–water partition coefficient (Wildman–Crippen LogP) is 3.82. The van der Waals surface area contributed by atoms with Crippen molar-refractivity contribution >= 4 is 28.8 Å². The highest BCUT2D eigenvalue weighted by Gasteiger charge is 2.33. The van der Waals surface area contributed by atoms with E-state index in [1.165, 1.54) is 12.1 Å². The van der Waals surface area contributed by atoms with Crippen molar-refractivity contribution in [2.24, 2.45) is 4.36 Å². The summed E-state index contributed by atoms with van der Waals surface area (Å²) >= 11 is 0. The highest BCUT2D eigenvalue weighted by molar-refractivity contribution is 7.85. The van der Waals surface area contributed by atoms with E-state index in [2.05, 4.69) is 4.36 Å². The molecule has 0 saturated carbocycles. The van der Waals surface area contributed by atoms with Crippen LogP contribution < -0.4 is 0 Å². The van der Waals surface area contributed by atoms with Gasteiger partial charge in [0.1, 0.15) is 0 Å². The average Bonchev–Trinajstić information content (AvgIpc) is 2.01. The van der Waals surface area contributed by atoms with Crippen LogP contribution >= 0.6 is 12.4 Å². The Labute approximate surface area is 95.2 Å². The van der Waals surface area contributed by atoms with E-state index in [0.29, 0.717) is 0 Å². The summed E-state index contributed by atoms with van der Waals surface area (Å²) in [5.74, 6) is 0. The first-order chi connectivity index (χ1) is 6.41. The lowest BCUT2D eigenvalue weighted by Gasteiger charge is -2.09. The van der Waals surface area contributed by atoms with Crippen molar-refractivity contribution in [2.75, 3.05) is 12.5 Å². The molecule has 15 heavy (non-hydrogen) atoms. The number of halogens is 4. The minimum atomic E-state index is -4.32. The number of nitrogens with zero attached hydrogens (tertiary/aromatic N) is 1. The number of alkyl halides is 3. The maximum absolute atomic E-state index is 12.4. The first kappa shape index (κ1) is 14.5. The minimum absolute atomic E-state index is 0. The molecule has 0 fully saturated rings. The molecule has 0 saturated heterocycles. The van der Waals surface area contributed by atoms with Gasteiger partial charge in [0.05, 0.1) is 11.3 Å². The van der Waals surface area contributed by atoms with Gasteiger partial charge < -0.3 is 0 Å². The van der Waals surface area contributed by atoms with Crippen LogP contribution in [-0.4, -0.2) is 12.5 Å². The van der Waals surface area contributed by atoms with Gasteiger partial charge in [-0.05, 0) is 24.6 Å². The van der Waals surface area contributed by atoms with Crippen molar-refractivity contribution in [3.05, 3.63) is 29.8 Å². The molecule has 0 aromatic heterocycles. The fourth-order valence-electron chi connectivity index (χ4n) is 0.990. The Balaban J connectivity index is 0.00000196. The monoisotopic (exact) mass is 257 g/mol. The van der Waals surface area contributed by atoms with Gasteiger partial charge in [0.25, 0.3) is 0 Å². The van der Waals surface area contributed by atoms with Crippen LogP contribution in [0, 0.1) is 0 Å². The molecule has 0 aliphatic heterocycles. The number of benzene rings is 1. The second-order valence-corrected chi connectivity index (χ2v) is 4.61. The van der Waals surface area contributed by atoms with Gasteiger partial charge in [0.2, 0.25) is 0 Å². The first-order valence-corrected chi connectivity index (χ1v) is 5.87. The molecular weight excluding hydrogens is 247 g/mol. The molecule has 0 aliphatic rings. The minimum Gasteiger partial charge on any atom is -0.228 e. The molecule has 0 radical (unpaired) electrons. The number of rotatable bonds is 1. The Morgan fingerprint density at radius 3 is 2.13 bits per heavy atom. The zero-order valence-corrected chi connectivity index (χ0v) is 9.84.